The number of hydrogen-bond acceptors (Lipinski definition) is 4. The first-order valence-corrected chi connectivity index (χ1v) is 6.78. The van der Waals surface area contributed by atoms with Gasteiger partial charge in [0, 0.05) is 18.3 Å². The first-order valence-electron chi connectivity index (χ1n) is 6.78. The minimum absolute atomic E-state index is 0.0535. The Morgan fingerprint density at radius 1 is 1.38 bits per heavy atom. The average Bonchev–Trinajstić information content (AvgIpc) is 2.44. The van der Waals surface area contributed by atoms with Crippen LogP contribution in [0.25, 0.3) is 0 Å². The van der Waals surface area contributed by atoms with Crippen molar-refractivity contribution in [1.82, 2.24) is 15.6 Å². The molecule has 6 heteroatoms. The molecule has 1 heterocycles. The monoisotopic (exact) mass is 289 g/mol. The van der Waals surface area contributed by atoms with Crippen molar-refractivity contribution in [2.75, 3.05) is 7.11 Å². The molecule has 2 N–H and O–H groups in total. The second-order valence-corrected chi connectivity index (χ2v) is 5.12. The normalized spacial score (nSPS) is 20.1. The van der Waals surface area contributed by atoms with Gasteiger partial charge in [-0.3, -0.25) is 9.59 Å². The molecule has 1 fully saturated rings. The largest absolute Gasteiger partial charge is 0.480 e. The molecule has 0 bridgehead atoms. The molecule has 21 heavy (non-hydrogen) atoms. The van der Waals surface area contributed by atoms with E-state index in [1.165, 1.54) is 13.2 Å². The molecule has 0 unspecified atom stereocenters. The maximum absolute atomic E-state index is 12.2. The molecule has 112 valence electrons. The van der Waals surface area contributed by atoms with Crippen LogP contribution in [0, 0.1) is 6.92 Å². The molecule has 1 aliphatic carbocycles. The van der Waals surface area contributed by atoms with E-state index in [1.807, 2.05) is 6.92 Å². The van der Waals surface area contributed by atoms with Gasteiger partial charge in [-0.05, 0) is 37.5 Å². The minimum Gasteiger partial charge on any atom is -0.480 e. The van der Waals surface area contributed by atoms with Gasteiger partial charge in [0.05, 0.1) is 7.11 Å². The molecule has 0 atom stereocenters. The summed E-state index contributed by atoms with van der Waals surface area (Å²) in [6.07, 6.45) is 4.33. The fourth-order valence-electron chi connectivity index (χ4n) is 2.26. The zero-order chi connectivity index (χ0) is 15.4. The number of aryl methyl sites for hydroxylation is 1. The Hall–Kier alpha value is -2.37. The fourth-order valence-corrected chi connectivity index (χ4v) is 2.26. The third-order valence-electron chi connectivity index (χ3n) is 3.43. The van der Waals surface area contributed by atoms with E-state index in [0.717, 1.165) is 5.56 Å². The van der Waals surface area contributed by atoms with E-state index in [9.17, 15) is 9.59 Å². The van der Waals surface area contributed by atoms with Gasteiger partial charge in [-0.15, -0.1) is 0 Å². The van der Waals surface area contributed by atoms with Gasteiger partial charge in [0.15, 0.2) is 0 Å². The van der Waals surface area contributed by atoms with Crippen LogP contribution >= 0.6 is 0 Å². The van der Waals surface area contributed by atoms with Crippen molar-refractivity contribution in [2.45, 2.75) is 31.8 Å². The van der Waals surface area contributed by atoms with Crippen molar-refractivity contribution >= 4 is 11.8 Å². The summed E-state index contributed by atoms with van der Waals surface area (Å²) >= 11 is 0. The van der Waals surface area contributed by atoms with E-state index in [2.05, 4.69) is 22.2 Å². The highest BCUT2D eigenvalue weighted by atomic mass is 16.5. The second-order valence-electron chi connectivity index (χ2n) is 5.12. The van der Waals surface area contributed by atoms with Crippen molar-refractivity contribution in [3.8, 4) is 5.88 Å². The molecule has 2 rings (SSSR count). The van der Waals surface area contributed by atoms with Gasteiger partial charge in [-0.1, -0.05) is 6.58 Å². The molecule has 1 aromatic heterocycles. The van der Waals surface area contributed by atoms with Gasteiger partial charge < -0.3 is 15.4 Å². The number of rotatable bonds is 5. The number of nitrogens with zero attached hydrogens (tertiary/aromatic N) is 1. The zero-order valence-electron chi connectivity index (χ0n) is 12.2. The molecule has 0 aromatic carbocycles. The van der Waals surface area contributed by atoms with Crippen molar-refractivity contribution in [3.63, 3.8) is 0 Å². The predicted molar refractivity (Wildman–Crippen MR) is 78.1 cm³/mol. The van der Waals surface area contributed by atoms with Crippen LogP contribution in [0.2, 0.25) is 0 Å². The Bertz CT molecular complexity index is 565. The second kappa shape index (κ2) is 6.39. The van der Waals surface area contributed by atoms with Crippen LogP contribution in [-0.2, 0) is 4.79 Å². The predicted octanol–water partition coefficient (Wildman–Crippen LogP) is 0.962. The first kappa shape index (κ1) is 15.0. The number of hydrogen-bond donors (Lipinski definition) is 2. The Kier molecular flexibility index (Phi) is 4.57. The summed E-state index contributed by atoms with van der Waals surface area (Å²) in [4.78, 5) is 27.5. The lowest BCUT2D eigenvalue weighted by molar-refractivity contribution is -0.117. The van der Waals surface area contributed by atoms with Crippen LogP contribution in [0.1, 0.15) is 28.8 Å². The summed E-state index contributed by atoms with van der Waals surface area (Å²) in [5, 5.41) is 5.72. The third kappa shape index (κ3) is 3.59. The highest BCUT2D eigenvalue weighted by Gasteiger charge is 2.31. The molecule has 0 aliphatic heterocycles. The summed E-state index contributed by atoms with van der Waals surface area (Å²) in [6, 6.07) is 1.90. The van der Waals surface area contributed by atoms with Gasteiger partial charge in [0.2, 0.25) is 11.8 Å². The number of carbonyl (C=O) groups is 2. The Morgan fingerprint density at radius 2 is 2.05 bits per heavy atom. The lowest BCUT2D eigenvalue weighted by Gasteiger charge is -2.36. The van der Waals surface area contributed by atoms with E-state index in [-0.39, 0.29) is 23.9 Å². The quantitative estimate of drug-likeness (QED) is 0.791. The topological polar surface area (TPSA) is 80.3 Å². The summed E-state index contributed by atoms with van der Waals surface area (Å²) in [5.41, 5.74) is 1.32. The molecule has 1 aromatic rings. The minimum atomic E-state index is -0.207. The van der Waals surface area contributed by atoms with Gasteiger partial charge in [-0.25, -0.2) is 4.98 Å². The lowest BCUT2D eigenvalue weighted by atomic mass is 9.86. The molecule has 2 amide bonds. The van der Waals surface area contributed by atoms with Crippen molar-refractivity contribution in [1.29, 1.82) is 0 Å². The number of methoxy groups -OCH3 is 1. The number of aromatic nitrogens is 1. The molecular formula is C15H19N3O3. The number of pyridine rings is 1. The third-order valence-corrected chi connectivity index (χ3v) is 3.43. The number of carbonyl (C=O) groups excluding carboxylic acids is 2. The van der Waals surface area contributed by atoms with Crippen molar-refractivity contribution in [3.05, 3.63) is 36.0 Å². The summed E-state index contributed by atoms with van der Waals surface area (Å²) < 4.78 is 5.10. The van der Waals surface area contributed by atoms with Crippen molar-refractivity contribution < 1.29 is 14.3 Å². The van der Waals surface area contributed by atoms with Gasteiger partial charge in [0.25, 0.3) is 5.91 Å². The van der Waals surface area contributed by atoms with Crippen molar-refractivity contribution in [2.24, 2.45) is 0 Å². The summed E-state index contributed by atoms with van der Waals surface area (Å²) in [7, 11) is 1.48. The number of nitrogens with one attached hydrogen (secondary N) is 2. The highest BCUT2D eigenvalue weighted by molar-refractivity contribution is 5.96. The number of ether oxygens (including phenoxy) is 1. The molecule has 0 spiro atoms. The standard InChI is InChI=1S/C15H19N3O3/c1-4-13(19)17-10-6-11(7-10)18-14(20)12-5-9(2)8-16-15(12)21-3/h4-5,8,10-11H,1,6-7H2,2-3H3,(H,17,19)(H,18,20). The Morgan fingerprint density at radius 3 is 2.67 bits per heavy atom. The van der Waals surface area contributed by atoms with E-state index in [0.29, 0.717) is 24.3 Å². The molecule has 0 saturated heterocycles. The van der Waals surface area contributed by atoms with Crippen LogP contribution in [0.15, 0.2) is 24.9 Å². The van der Waals surface area contributed by atoms with Crippen LogP contribution in [0.4, 0.5) is 0 Å². The molecule has 0 radical (unpaired) electrons. The van der Waals surface area contributed by atoms with Crippen LogP contribution < -0.4 is 15.4 Å². The summed E-state index contributed by atoms with van der Waals surface area (Å²) in [6.45, 7) is 5.27. The molecule has 6 nitrogen and oxygen atoms in total. The van der Waals surface area contributed by atoms with Crippen LogP contribution in [0.5, 0.6) is 5.88 Å². The fraction of sp³-hybridized carbons (Fsp3) is 0.400. The van der Waals surface area contributed by atoms with Crippen LogP contribution in [0.3, 0.4) is 0 Å². The van der Waals surface area contributed by atoms with E-state index in [1.54, 1.807) is 12.3 Å². The molecule has 1 aliphatic rings. The Balaban J connectivity index is 1.90. The molecule has 1 saturated carbocycles. The van der Waals surface area contributed by atoms with E-state index < -0.39 is 0 Å². The zero-order valence-corrected chi connectivity index (χ0v) is 12.2. The highest BCUT2D eigenvalue weighted by Crippen LogP contribution is 2.22. The van der Waals surface area contributed by atoms with Gasteiger partial charge >= 0.3 is 0 Å². The number of amides is 2. The smallest absolute Gasteiger partial charge is 0.256 e. The van der Waals surface area contributed by atoms with Gasteiger partial charge in [-0.2, -0.15) is 0 Å². The summed E-state index contributed by atoms with van der Waals surface area (Å²) in [5.74, 6) is -0.0789. The maximum atomic E-state index is 12.2. The average molecular weight is 289 g/mol. The maximum Gasteiger partial charge on any atom is 0.256 e. The lowest BCUT2D eigenvalue weighted by Crippen LogP contribution is -2.53. The SMILES string of the molecule is C=CC(=O)NC1CC(NC(=O)c2cc(C)cnc2OC)C1. The first-order chi connectivity index (χ1) is 10.0. The van der Waals surface area contributed by atoms with Crippen LogP contribution in [-0.4, -0.2) is 36.0 Å². The van der Waals surface area contributed by atoms with E-state index in [4.69, 9.17) is 4.74 Å². The van der Waals surface area contributed by atoms with Gasteiger partial charge in [0.1, 0.15) is 5.56 Å². The molecular weight excluding hydrogens is 270 g/mol. The van der Waals surface area contributed by atoms with E-state index >= 15 is 0 Å². The Labute approximate surface area is 123 Å².